The van der Waals surface area contributed by atoms with Crippen LogP contribution in [0, 0.1) is 11.8 Å². The van der Waals surface area contributed by atoms with Crippen LogP contribution in [0.2, 0.25) is 0 Å². The molecule has 0 amide bonds. The lowest BCUT2D eigenvalue weighted by molar-refractivity contribution is -0.149. The first kappa shape index (κ1) is 11.7. The SMILES string of the molecule is CC=CC(C)C1=C(C)C(=O)C(C)C(=O)O1. The molecule has 0 fully saturated rings. The van der Waals surface area contributed by atoms with Crippen LogP contribution in [0.25, 0.3) is 0 Å². The minimum absolute atomic E-state index is 0.0320. The number of carbonyl (C=O) groups is 2. The van der Waals surface area contributed by atoms with Gasteiger partial charge in [0.2, 0.25) is 0 Å². The predicted molar refractivity (Wildman–Crippen MR) is 56.9 cm³/mol. The Balaban J connectivity index is 3.07. The van der Waals surface area contributed by atoms with Crippen LogP contribution >= 0.6 is 0 Å². The number of hydrogen-bond acceptors (Lipinski definition) is 3. The quantitative estimate of drug-likeness (QED) is 0.397. The number of cyclic esters (lactones) is 1. The van der Waals surface area contributed by atoms with Gasteiger partial charge in [-0.05, 0) is 20.8 Å². The van der Waals surface area contributed by atoms with Crippen molar-refractivity contribution in [1.82, 2.24) is 0 Å². The highest BCUT2D eigenvalue weighted by molar-refractivity contribution is 6.10. The van der Waals surface area contributed by atoms with Gasteiger partial charge in [-0.3, -0.25) is 9.59 Å². The van der Waals surface area contributed by atoms with Crippen molar-refractivity contribution in [3.63, 3.8) is 0 Å². The van der Waals surface area contributed by atoms with Crippen LogP contribution in [-0.2, 0) is 14.3 Å². The molecule has 2 unspecified atom stereocenters. The molecule has 1 rings (SSSR count). The van der Waals surface area contributed by atoms with Gasteiger partial charge in [-0.2, -0.15) is 0 Å². The molecule has 0 saturated heterocycles. The average Bonchev–Trinajstić information content (AvgIpc) is 2.20. The first-order valence-electron chi connectivity index (χ1n) is 5.08. The van der Waals surface area contributed by atoms with Crippen molar-refractivity contribution < 1.29 is 14.3 Å². The van der Waals surface area contributed by atoms with Gasteiger partial charge in [0.15, 0.2) is 5.78 Å². The maximum absolute atomic E-state index is 11.7. The van der Waals surface area contributed by atoms with E-state index in [0.29, 0.717) is 11.3 Å². The van der Waals surface area contributed by atoms with Gasteiger partial charge in [0.1, 0.15) is 11.7 Å². The minimum Gasteiger partial charge on any atom is -0.429 e. The fourth-order valence-electron chi connectivity index (χ4n) is 1.64. The van der Waals surface area contributed by atoms with E-state index in [0.717, 1.165) is 0 Å². The van der Waals surface area contributed by atoms with E-state index in [1.165, 1.54) is 0 Å². The summed E-state index contributed by atoms with van der Waals surface area (Å²) in [6.07, 6.45) is 3.77. The molecule has 0 bridgehead atoms. The van der Waals surface area contributed by atoms with Crippen LogP contribution in [-0.4, -0.2) is 11.8 Å². The lowest BCUT2D eigenvalue weighted by atomic mass is 9.93. The molecule has 3 nitrogen and oxygen atoms in total. The highest BCUT2D eigenvalue weighted by Gasteiger charge is 2.33. The Morgan fingerprint density at radius 2 is 2.00 bits per heavy atom. The molecule has 0 radical (unpaired) electrons. The molecule has 2 atom stereocenters. The molecule has 1 aliphatic rings. The molecule has 1 aliphatic heterocycles. The molecular formula is C12H16O3. The Hall–Kier alpha value is -1.38. The highest BCUT2D eigenvalue weighted by Crippen LogP contribution is 2.27. The van der Waals surface area contributed by atoms with E-state index in [2.05, 4.69) is 0 Å². The summed E-state index contributed by atoms with van der Waals surface area (Å²) >= 11 is 0. The van der Waals surface area contributed by atoms with Crippen molar-refractivity contribution in [3.8, 4) is 0 Å². The fourth-order valence-corrected chi connectivity index (χ4v) is 1.64. The minimum atomic E-state index is -0.661. The summed E-state index contributed by atoms with van der Waals surface area (Å²) in [7, 11) is 0. The van der Waals surface area contributed by atoms with Gasteiger partial charge in [0.25, 0.3) is 0 Å². The second-order valence-electron chi connectivity index (χ2n) is 3.81. The van der Waals surface area contributed by atoms with E-state index >= 15 is 0 Å². The highest BCUT2D eigenvalue weighted by atomic mass is 16.5. The molecule has 0 spiro atoms. The topological polar surface area (TPSA) is 43.4 Å². The molecule has 0 N–H and O–H groups in total. The van der Waals surface area contributed by atoms with Gasteiger partial charge in [-0.25, -0.2) is 0 Å². The molecule has 0 aromatic rings. The number of esters is 1. The Labute approximate surface area is 89.8 Å². The monoisotopic (exact) mass is 208 g/mol. The molecule has 0 saturated carbocycles. The van der Waals surface area contributed by atoms with Crippen LogP contribution in [0.15, 0.2) is 23.5 Å². The van der Waals surface area contributed by atoms with Gasteiger partial charge >= 0.3 is 5.97 Å². The number of ketones is 1. The molecule has 0 aliphatic carbocycles. The Morgan fingerprint density at radius 1 is 1.40 bits per heavy atom. The standard InChI is InChI=1S/C12H16O3/c1-5-6-7(2)11-8(3)10(13)9(4)12(14)15-11/h5-7,9H,1-4H3. The summed E-state index contributed by atoms with van der Waals surface area (Å²) in [5.41, 5.74) is 0.563. The van der Waals surface area contributed by atoms with Crippen molar-refractivity contribution in [2.75, 3.05) is 0 Å². The summed E-state index contributed by atoms with van der Waals surface area (Å²) in [5, 5.41) is 0. The zero-order chi connectivity index (χ0) is 11.6. The zero-order valence-electron chi connectivity index (χ0n) is 9.53. The van der Waals surface area contributed by atoms with Gasteiger partial charge < -0.3 is 4.74 Å². The second-order valence-corrected chi connectivity index (χ2v) is 3.81. The lowest BCUT2D eigenvalue weighted by Gasteiger charge is -2.23. The van der Waals surface area contributed by atoms with Gasteiger partial charge in [0, 0.05) is 11.5 Å². The number of carbonyl (C=O) groups excluding carboxylic acids is 2. The third-order valence-corrected chi connectivity index (χ3v) is 2.59. The van der Waals surface area contributed by atoms with E-state index in [4.69, 9.17) is 4.74 Å². The maximum Gasteiger partial charge on any atom is 0.321 e. The van der Waals surface area contributed by atoms with Crippen molar-refractivity contribution in [2.24, 2.45) is 11.8 Å². The number of hydrogen-bond donors (Lipinski definition) is 0. The number of rotatable bonds is 2. The van der Waals surface area contributed by atoms with E-state index in [9.17, 15) is 9.59 Å². The van der Waals surface area contributed by atoms with Crippen LogP contribution in [0.3, 0.4) is 0 Å². The van der Waals surface area contributed by atoms with Crippen molar-refractivity contribution in [2.45, 2.75) is 27.7 Å². The fraction of sp³-hybridized carbons (Fsp3) is 0.500. The summed E-state index contributed by atoms with van der Waals surface area (Å²) in [4.78, 5) is 23.0. The van der Waals surface area contributed by atoms with E-state index < -0.39 is 11.9 Å². The molecule has 1 heterocycles. The molecule has 82 valence electrons. The Morgan fingerprint density at radius 3 is 2.53 bits per heavy atom. The first-order chi connectivity index (χ1) is 6.99. The zero-order valence-corrected chi connectivity index (χ0v) is 9.53. The number of ether oxygens (including phenoxy) is 1. The van der Waals surface area contributed by atoms with E-state index in [1.807, 2.05) is 26.0 Å². The predicted octanol–water partition coefficient (Wildman–Crippen LogP) is 2.23. The van der Waals surface area contributed by atoms with Gasteiger partial charge in [0.05, 0.1) is 0 Å². The Bertz CT molecular complexity index is 350. The van der Waals surface area contributed by atoms with Crippen molar-refractivity contribution in [1.29, 1.82) is 0 Å². The summed E-state index contributed by atoms with van der Waals surface area (Å²) in [6.45, 7) is 7.07. The lowest BCUT2D eigenvalue weighted by Crippen LogP contribution is -2.31. The van der Waals surface area contributed by atoms with Crippen molar-refractivity contribution in [3.05, 3.63) is 23.5 Å². The van der Waals surface area contributed by atoms with Gasteiger partial charge in [-0.1, -0.05) is 19.1 Å². The number of Topliss-reactive ketones (excluding diaryl/α,β-unsaturated/α-hetero) is 1. The molecule has 0 aromatic carbocycles. The molecular weight excluding hydrogens is 192 g/mol. The molecule has 15 heavy (non-hydrogen) atoms. The normalized spacial score (nSPS) is 24.7. The third-order valence-electron chi connectivity index (χ3n) is 2.59. The Kier molecular flexibility index (Phi) is 3.45. The largest absolute Gasteiger partial charge is 0.429 e. The smallest absolute Gasteiger partial charge is 0.321 e. The average molecular weight is 208 g/mol. The van der Waals surface area contributed by atoms with Crippen LogP contribution in [0.4, 0.5) is 0 Å². The van der Waals surface area contributed by atoms with Crippen LogP contribution < -0.4 is 0 Å². The maximum atomic E-state index is 11.7. The van der Waals surface area contributed by atoms with E-state index in [1.54, 1.807) is 13.8 Å². The summed E-state index contributed by atoms with van der Waals surface area (Å²) in [5.74, 6) is -0.780. The summed E-state index contributed by atoms with van der Waals surface area (Å²) in [6, 6.07) is 0. The van der Waals surface area contributed by atoms with Crippen LogP contribution in [0.5, 0.6) is 0 Å². The summed E-state index contributed by atoms with van der Waals surface area (Å²) < 4.78 is 5.16. The third kappa shape index (κ3) is 2.17. The van der Waals surface area contributed by atoms with Crippen molar-refractivity contribution >= 4 is 11.8 Å². The van der Waals surface area contributed by atoms with E-state index in [-0.39, 0.29) is 11.7 Å². The number of allylic oxidation sites excluding steroid dienone is 3. The first-order valence-corrected chi connectivity index (χ1v) is 5.08. The molecule has 3 heteroatoms. The second kappa shape index (κ2) is 4.43. The van der Waals surface area contributed by atoms with Crippen LogP contribution in [0.1, 0.15) is 27.7 Å². The molecule has 0 aromatic heterocycles. The van der Waals surface area contributed by atoms with Gasteiger partial charge in [-0.15, -0.1) is 0 Å².